The molecule has 1 saturated heterocycles. The largest absolute Gasteiger partial charge is 0.497 e. The summed E-state index contributed by atoms with van der Waals surface area (Å²) in [6, 6.07) is 16.2. The number of rotatable bonds is 5. The molecule has 4 rings (SSSR count). The molecule has 1 fully saturated rings. The molecule has 5 heteroatoms. The molecule has 30 heavy (non-hydrogen) atoms. The number of piperidine rings is 1. The van der Waals surface area contributed by atoms with Gasteiger partial charge in [-0.2, -0.15) is 5.10 Å². The second-order valence-electron chi connectivity index (χ2n) is 8.61. The molecule has 5 nitrogen and oxygen atoms in total. The highest BCUT2D eigenvalue weighted by Gasteiger charge is 2.34. The van der Waals surface area contributed by atoms with E-state index < -0.39 is 0 Å². The van der Waals surface area contributed by atoms with Gasteiger partial charge in [-0.15, -0.1) is 0 Å². The number of hydrogen-bond donors (Lipinski definition) is 0. The van der Waals surface area contributed by atoms with Gasteiger partial charge in [0.25, 0.3) is 5.91 Å². The molecule has 2 aliphatic rings. The van der Waals surface area contributed by atoms with Crippen molar-refractivity contribution in [3.05, 3.63) is 65.2 Å². The van der Waals surface area contributed by atoms with Gasteiger partial charge < -0.3 is 4.74 Å². The van der Waals surface area contributed by atoms with E-state index in [1.807, 2.05) is 24.3 Å². The minimum atomic E-state index is -0.105. The number of hydrazone groups is 1. The first-order valence-corrected chi connectivity index (χ1v) is 10.9. The van der Waals surface area contributed by atoms with Crippen molar-refractivity contribution in [1.29, 1.82) is 0 Å². The number of ether oxygens (including phenoxy) is 1. The summed E-state index contributed by atoms with van der Waals surface area (Å²) in [6.45, 7) is 6.77. The monoisotopic (exact) mass is 405 g/mol. The topological polar surface area (TPSA) is 45.1 Å². The number of nitrogens with zero attached hydrogens (tertiary/aromatic N) is 3. The van der Waals surface area contributed by atoms with Crippen LogP contribution in [0.15, 0.2) is 53.6 Å². The van der Waals surface area contributed by atoms with Crippen LogP contribution in [0, 0.1) is 12.8 Å². The number of amides is 1. The first-order valence-electron chi connectivity index (χ1n) is 10.9. The molecule has 2 heterocycles. The third-order valence-electron chi connectivity index (χ3n) is 6.23. The molecule has 0 bridgehead atoms. The van der Waals surface area contributed by atoms with Gasteiger partial charge in [0.15, 0.2) is 0 Å². The molecule has 1 atom stereocenters. The summed E-state index contributed by atoms with van der Waals surface area (Å²) in [6.07, 6.45) is 3.02. The van der Waals surface area contributed by atoms with Crippen molar-refractivity contribution >= 4 is 11.6 Å². The number of likely N-dealkylation sites (tertiary alicyclic amines) is 1. The number of hydrogen-bond acceptors (Lipinski definition) is 4. The minimum Gasteiger partial charge on any atom is -0.497 e. The van der Waals surface area contributed by atoms with Crippen LogP contribution < -0.4 is 4.74 Å². The Labute approximate surface area is 179 Å². The molecule has 0 aliphatic carbocycles. The van der Waals surface area contributed by atoms with Crippen LogP contribution in [-0.2, 0) is 4.79 Å². The molecule has 1 amide bonds. The van der Waals surface area contributed by atoms with E-state index in [1.54, 1.807) is 12.1 Å². The lowest BCUT2D eigenvalue weighted by Gasteiger charge is -2.31. The van der Waals surface area contributed by atoms with Crippen molar-refractivity contribution in [2.75, 3.05) is 26.7 Å². The number of benzene rings is 2. The van der Waals surface area contributed by atoms with Crippen LogP contribution in [0.3, 0.4) is 0 Å². The molecule has 0 unspecified atom stereocenters. The third-order valence-corrected chi connectivity index (χ3v) is 6.23. The number of carbonyl (C=O) groups excluding carboxylic acids is 1. The standard InChI is InChI=1S/C25H31N3O2/c1-18-10-12-27(13-11-18)17-25(29)28-24(21-8-5-9-22(15-21)30-3)16-23(26-28)20-7-4-6-19(2)14-20/h4-9,14-15,18,24H,10-13,16-17H2,1-3H3/t24-/m0/s1. The zero-order valence-electron chi connectivity index (χ0n) is 18.2. The van der Waals surface area contributed by atoms with Crippen LogP contribution in [0.1, 0.15) is 48.9 Å². The van der Waals surface area contributed by atoms with Crippen molar-refractivity contribution in [3.63, 3.8) is 0 Å². The second kappa shape index (κ2) is 9.00. The van der Waals surface area contributed by atoms with Crippen molar-refractivity contribution in [1.82, 2.24) is 9.91 Å². The fourth-order valence-electron chi connectivity index (χ4n) is 4.33. The van der Waals surface area contributed by atoms with Crippen LogP contribution in [0.25, 0.3) is 0 Å². The molecule has 158 valence electrons. The molecule has 0 spiro atoms. The van der Waals surface area contributed by atoms with Crippen molar-refractivity contribution in [2.45, 2.75) is 39.2 Å². The lowest BCUT2D eigenvalue weighted by molar-refractivity contribution is -0.134. The van der Waals surface area contributed by atoms with Gasteiger partial charge in [-0.05, 0) is 62.0 Å². The van der Waals surface area contributed by atoms with Gasteiger partial charge in [-0.25, -0.2) is 5.01 Å². The summed E-state index contributed by atoms with van der Waals surface area (Å²) in [4.78, 5) is 15.6. The van der Waals surface area contributed by atoms with Crippen molar-refractivity contribution < 1.29 is 9.53 Å². The fraction of sp³-hybridized carbons (Fsp3) is 0.440. The Kier molecular flexibility index (Phi) is 6.18. The highest BCUT2D eigenvalue weighted by atomic mass is 16.5. The molecule has 0 N–H and O–H groups in total. The van der Waals surface area contributed by atoms with Gasteiger partial charge in [-0.3, -0.25) is 9.69 Å². The normalized spacial score (nSPS) is 20.3. The van der Waals surface area contributed by atoms with E-state index in [4.69, 9.17) is 9.84 Å². The zero-order valence-corrected chi connectivity index (χ0v) is 18.2. The molecule has 2 aliphatic heterocycles. The molecule has 2 aromatic carbocycles. The first-order chi connectivity index (χ1) is 14.5. The predicted molar refractivity (Wildman–Crippen MR) is 120 cm³/mol. The summed E-state index contributed by atoms with van der Waals surface area (Å²) in [7, 11) is 1.67. The Morgan fingerprint density at radius 3 is 2.63 bits per heavy atom. The number of methoxy groups -OCH3 is 1. The zero-order chi connectivity index (χ0) is 21.1. The number of aryl methyl sites for hydroxylation is 1. The SMILES string of the molecule is COc1cccc([C@@H]2CC(c3cccc(C)c3)=NN2C(=O)CN2CCC(C)CC2)c1. The van der Waals surface area contributed by atoms with Crippen molar-refractivity contribution in [2.24, 2.45) is 11.0 Å². The van der Waals surface area contributed by atoms with E-state index in [2.05, 4.69) is 43.0 Å². The summed E-state index contributed by atoms with van der Waals surface area (Å²) >= 11 is 0. The van der Waals surface area contributed by atoms with E-state index in [0.29, 0.717) is 13.0 Å². The quantitative estimate of drug-likeness (QED) is 0.740. The lowest BCUT2D eigenvalue weighted by Crippen LogP contribution is -2.41. The van der Waals surface area contributed by atoms with E-state index in [9.17, 15) is 4.79 Å². The Bertz CT molecular complexity index is 931. The van der Waals surface area contributed by atoms with E-state index in [-0.39, 0.29) is 11.9 Å². The van der Waals surface area contributed by atoms with Gasteiger partial charge in [0, 0.05) is 6.42 Å². The maximum atomic E-state index is 13.3. The number of carbonyl (C=O) groups is 1. The van der Waals surface area contributed by atoms with E-state index >= 15 is 0 Å². The summed E-state index contributed by atoms with van der Waals surface area (Å²) in [5.74, 6) is 1.62. The smallest absolute Gasteiger partial charge is 0.257 e. The van der Waals surface area contributed by atoms with Crippen LogP contribution >= 0.6 is 0 Å². The van der Waals surface area contributed by atoms with Crippen LogP contribution in [-0.4, -0.2) is 48.3 Å². The molecule has 2 aromatic rings. The summed E-state index contributed by atoms with van der Waals surface area (Å²) in [5.41, 5.74) is 4.30. The maximum absolute atomic E-state index is 13.3. The van der Waals surface area contributed by atoms with Crippen molar-refractivity contribution in [3.8, 4) is 5.75 Å². The summed E-state index contributed by atoms with van der Waals surface area (Å²) < 4.78 is 5.42. The lowest BCUT2D eigenvalue weighted by atomic mass is 9.97. The van der Waals surface area contributed by atoms with Crippen LogP contribution in [0.4, 0.5) is 0 Å². The fourth-order valence-corrected chi connectivity index (χ4v) is 4.33. The highest BCUT2D eigenvalue weighted by molar-refractivity contribution is 6.03. The molecule has 0 aromatic heterocycles. The Morgan fingerprint density at radius 2 is 1.90 bits per heavy atom. The first kappa shape index (κ1) is 20.6. The maximum Gasteiger partial charge on any atom is 0.257 e. The molecular formula is C25H31N3O2. The summed E-state index contributed by atoms with van der Waals surface area (Å²) in [5, 5.41) is 6.54. The van der Waals surface area contributed by atoms with Gasteiger partial charge >= 0.3 is 0 Å². The van der Waals surface area contributed by atoms with E-state index in [0.717, 1.165) is 54.4 Å². The third kappa shape index (κ3) is 4.57. The molecular weight excluding hydrogens is 374 g/mol. The van der Waals surface area contributed by atoms with Gasteiger partial charge in [0.05, 0.1) is 25.4 Å². The average molecular weight is 406 g/mol. The van der Waals surface area contributed by atoms with Gasteiger partial charge in [-0.1, -0.05) is 48.9 Å². The minimum absolute atomic E-state index is 0.0695. The highest BCUT2D eigenvalue weighted by Crippen LogP contribution is 2.34. The van der Waals surface area contributed by atoms with Crippen LogP contribution in [0.5, 0.6) is 5.75 Å². The van der Waals surface area contributed by atoms with Gasteiger partial charge in [0.2, 0.25) is 0 Å². The Balaban J connectivity index is 1.60. The van der Waals surface area contributed by atoms with Crippen LogP contribution in [0.2, 0.25) is 0 Å². The van der Waals surface area contributed by atoms with Gasteiger partial charge in [0.1, 0.15) is 5.75 Å². The molecule has 0 radical (unpaired) electrons. The van der Waals surface area contributed by atoms with E-state index in [1.165, 1.54) is 5.56 Å². The Hall–Kier alpha value is -2.66. The predicted octanol–water partition coefficient (Wildman–Crippen LogP) is 4.41. The average Bonchev–Trinajstić information content (AvgIpc) is 3.21. The second-order valence-corrected chi connectivity index (χ2v) is 8.61. The Morgan fingerprint density at radius 1 is 1.13 bits per heavy atom. The molecule has 0 saturated carbocycles.